The average Bonchev–Trinajstić information content (AvgIpc) is 3.40. The van der Waals surface area contributed by atoms with Gasteiger partial charge in [-0.2, -0.15) is 10.1 Å². The standard InChI is InChI=1S/C37H39N5O4/c1-25-20-37(23-42(24-37)36(43)44)19-18-30(25)38-31-15-9-14-28-33(40-41(2)34(28)31)29-16-17-32(45-21-26-10-5-3-6-11-26)39-35(29)46-22-27-12-7-4-8-13-27/h3-17,25,30,38H,18-24H2,1-2H3,(H,43,44)/t25-,30-/m1/s1. The first-order chi connectivity index (χ1) is 22.4. The van der Waals surface area contributed by atoms with E-state index in [0.29, 0.717) is 50.0 Å². The Labute approximate surface area is 268 Å². The highest BCUT2D eigenvalue weighted by molar-refractivity contribution is 6.00. The van der Waals surface area contributed by atoms with E-state index in [1.807, 2.05) is 84.5 Å². The molecule has 2 aliphatic rings. The number of nitrogens with one attached hydrogen (secondary N) is 1. The minimum absolute atomic E-state index is 0.127. The number of likely N-dealkylation sites (tertiary alicyclic amines) is 1. The van der Waals surface area contributed by atoms with Crippen molar-refractivity contribution < 1.29 is 19.4 Å². The van der Waals surface area contributed by atoms with Crippen LogP contribution in [0.3, 0.4) is 0 Å². The van der Waals surface area contributed by atoms with Crippen molar-refractivity contribution in [1.82, 2.24) is 19.7 Å². The van der Waals surface area contributed by atoms with Gasteiger partial charge >= 0.3 is 6.09 Å². The number of fused-ring (bicyclic) bond motifs is 1. The maximum absolute atomic E-state index is 11.4. The van der Waals surface area contributed by atoms with Gasteiger partial charge in [-0.1, -0.05) is 79.7 Å². The summed E-state index contributed by atoms with van der Waals surface area (Å²) in [6, 6.07) is 30.5. The Bertz CT molecular complexity index is 1840. The first kappa shape index (κ1) is 29.6. The van der Waals surface area contributed by atoms with Crippen LogP contribution in [0.2, 0.25) is 0 Å². The van der Waals surface area contributed by atoms with Crippen molar-refractivity contribution in [3.63, 3.8) is 0 Å². The molecule has 7 rings (SSSR count). The van der Waals surface area contributed by atoms with E-state index >= 15 is 0 Å². The number of anilines is 1. The predicted molar refractivity (Wildman–Crippen MR) is 178 cm³/mol. The van der Waals surface area contributed by atoms with Crippen LogP contribution in [-0.4, -0.2) is 50.0 Å². The highest BCUT2D eigenvalue weighted by Crippen LogP contribution is 2.47. The zero-order valence-corrected chi connectivity index (χ0v) is 26.2. The average molecular weight is 618 g/mol. The largest absolute Gasteiger partial charge is 0.473 e. The molecular weight excluding hydrogens is 578 g/mol. The number of hydrogen-bond acceptors (Lipinski definition) is 6. The number of benzene rings is 3. The molecule has 3 aromatic carbocycles. The highest BCUT2D eigenvalue weighted by atomic mass is 16.5. The maximum atomic E-state index is 11.4. The van der Waals surface area contributed by atoms with Gasteiger partial charge in [-0.3, -0.25) is 4.68 Å². The van der Waals surface area contributed by atoms with E-state index in [9.17, 15) is 9.90 Å². The molecule has 3 heterocycles. The minimum Gasteiger partial charge on any atom is -0.473 e. The Morgan fingerprint density at radius 2 is 1.63 bits per heavy atom. The van der Waals surface area contributed by atoms with Crippen molar-refractivity contribution in [3.8, 4) is 23.0 Å². The molecule has 0 bridgehead atoms. The van der Waals surface area contributed by atoms with Crippen LogP contribution >= 0.6 is 0 Å². The molecule has 2 N–H and O–H groups in total. The fourth-order valence-corrected chi connectivity index (χ4v) is 7.18. The van der Waals surface area contributed by atoms with Crippen LogP contribution in [0, 0.1) is 11.3 Å². The summed E-state index contributed by atoms with van der Waals surface area (Å²) in [4.78, 5) is 17.7. The first-order valence-electron chi connectivity index (χ1n) is 15.9. The number of rotatable bonds is 9. The third-order valence-corrected chi connectivity index (χ3v) is 9.49. The summed E-state index contributed by atoms with van der Waals surface area (Å²) >= 11 is 0. The number of pyridine rings is 1. The molecule has 1 aliphatic heterocycles. The van der Waals surface area contributed by atoms with Gasteiger partial charge in [-0.15, -0.1) is 0 Å². The molecule has 236 valence electrons. The maximum Gasteiger partial charge on any atom is 0.407 e. The zero-order chi connectivity index (χ0) is 31.7. The molecule has 1 aliphatic carbocycles. The SMILES string of the molecule is C[C@@H]1CC2(CC[C@H]1Nc1cccc3c(-c4ccc(OCc5ccccc5)nc4OCc4ccccc4)nn(C)c13)CN(C(=O)O)C2. The smallest absolute Gasteiger partial charge is 0.407 e. The third kappa shape index (κ3) is 5.97. The van der Waals surface area contributed by atoms with Crippen molar-refractivity contribution in [2.45, 2.75) is 45.4 Å². The van der Waals surface area contributed by atoms with Crippen LogP contribution in [0.1, 0.15) is 37.3 Å². The summed E-state index contributed by atoms with van der Waals surface area (Å²) < 4.78 is 14.4. The normalized spacial score (nSPS) is 18.7. The highest BCUT2D eigenvalue weighted by Gasteiger charge is 2.49. The molecule has 0 radical (unpaired) electrons. The van der Waals surface area contributed by atoms with Gasteiger partial charge in [-0.05, 0) is 48.4 Å². The molecule has 5 aromatic rings. The van der Waals surface area contributed by atoms with Crippen LogP contribution in [0.5, 0.6) is 11.8 Å². The molecule has 1 saturated heterocycles. The molecule has 46 heavy (non-hydrogen) atoms. The van der Waals surface area contributed by atoms with E-state index in [-0.39, 0.29) is 5.41 Å². The van der Waals surface area contributed by atoms with Crippen LogP contribution < -0.4 is 14.8 Å². The van der Waals surface area contributed by atoms with Gasteiger partial charge in [0.1, 0.15) is 18.9 Å². The van der Waals surface area contributed by atoms with E-state index < -0.39 is 6.09 Å². The lowest BCUT2D eigenvalue weighted by Gasteiger charge is -2.54. The molecule has 1 spiro atoms. The number of nitrogens with zero attached hydrogens (tertiary/aromatic N) is 4. The van der Waals surface area contributed by atoms with Gasteiger partial charge in [0, 0.05) is 43.0 Å². The van der Waals surface area contributed by atoms with Gasteiger partial charge in [-0.25, -0.2) is 4.79 Å². The third-order valence-electron chi connectivity index (χ3n) is 9.49. The van der Waals surface area contributed by atoms with Crippen LogP contribution in [0.25, 0.3) is 22.2 Å². The fraction of sp³-hybridized carbons (Fsp3) is 0.324. The summed E-state index contributed by atoms with van der Waals surface area (Å²) in [7, 11) is 1.97. The number of aryl methyl sites for hydroxylation is 1. The van der Waals surface area contributed by atoms with Crippen molar-refractivity contribution in [1.29, 1.82) is 0 Å². The van der Waals surface area contributed by atoms with Gasteiger partial charge in [0.05, 0.1) is 16.8 Å². The summed E-state index contributed by atoms with van der Waals surface area (Å²) in [6.07, 6.45) is 2.24. The second-order valence-electron chi connectivity index (χ2n) is 12.8. The minimum atomic E-state index is -0.810. The van der Waals surface area contributed by atoms with E-state index in [1.165, 1.54) is 4.90 Å². The van der Waals surface area contributed by atoms with Gasteiger partial charge in [0.15, 0.2) is 0 Å². The lowest BCUT2D eigenvalue weighted by atomic mass is 9.64. The summed E-state index contributed by atoms with van der Waals surface area (Å²) in [5.41, 5.74) is 5.88. The second-order valence-corrected chi connectivity index (χ2v) is 12.8. The van der Waals surface area contributed by atoms with Gasteiger partial charge in [0.2, 0.25) is 11.8 Å². The van der Waals surface area contributed by atoms with Crippen LogP contribution in [0.15, 0.2) is 91.0 Å². The van der Waals surface area contributed by atoms with Gasteiger partial charge < -0.3 is 24.8 Å². The summed E-state index contributed by atoms with van der Waals surface area (Å²) in [5.74, 6) is 1.37. The molecule has 9 nitrogen and oxygen atoms in total. The fourth-order valence-electron chi connectivity index (χ4n) is 7.18. The van der Waals surface area contributed by atoms with Gasteiger partial charge in [0.25, 0.3) is 0 Å². The number of ether oxygens (including phenoxy) is 2. The van der Waals surface area contributed by atoms with Crippen molar-refractivity contribution in [2.24, 2.45) is 18.4 Å². The summed E-state index contributed by atoms with van der Waals surface area (Å²) in [6.45, 7) is 4.36. The van der Waals surface area contributed by atoms with Crippen molar-refractivity contribution in [3.05, 3.63) is 102 Å². The van der Waals surface area contributed by atoms with E-state index in [1.54, 1.807) is 0 Å². The number of para-hydroxylation sites is 1. The first-order valence-corrected chi connectivity index (χ1v) is 15.9. The Hall–Kier alpha value is -5.05. The van der Waals surface area contributed by atoms with Crippen molar-refractivity contribution in [2.75, 3.05) is 18.4 Å². The Balaban J connectivity index is 1.15. The molecule has 2 fully saturated rings. The Kier molecular flexibility index (Phi) is 7.98. The molecule has 1 amide bonds. The Morgan fingerprint density at radius 1 is 0.935 bits per heavy atom. The Morgan fingerprint density at radius 3 is 2.30 bits per heavy atom. The molecule has 0 unspecified atom stereocenters. The topological polar surface area (TPSA) is 102 Å². The van der Waals surface area contributed by atoms with E-state index in [0.717, 1.165) is 58.2 Å². The molecule has 1 saturated carbocycles. The quantitative estimate of drug-likeness (QED) is 0.178. The molecule has 9 heteroatoms. The number of hydrogen-bond donors (Lipinski definition) is 2. The van der Waals surface area contributed by atoms with E-state index in [2.05, 4.69) is 30.4 Å². The molecule has 2 aromatic heterocycles. The zero-order valence-electron chi connectivity index (χ0n) is 26.2. The molecule has 2 atom stereocenters. The van der Waals surface area contributed by atoms with Crippen LogP contribution in [0.4, 0.5) is 10.5 Å². The summed E-state index contributed by atoms with van der Waals surface area (Å²) in [5, 5.41) is 19.2. The number of amides is 1. The lowest BCUT2D eigenvalue weighted by molar-refractivity contribution is -0.0307. The number of aromatic nitrogens is 3. The lowest BCUT2D eigenvalue weighted by Crippen LogP contribution is -2.61. The number of carboxylic acid groups (broad SMARTS) is 1. The number of carbonyl (C=O) groups is 1. The molecular formula is C37H39N5O4. The monoisotopic (exact) mass is 617 g/mol. The van der Waals surface area contributed by atoms with Crippen molar-refractivity contribution >= 4 is 22.7 Å². The van der Waals surface area contributed by atoms with E-state index in [4.69, 9.17) is 19.6 Å². The predicted octanol–water partition coefficient (Wildman–Crippen LogP) is 7.37. The van der Waals surface area contributed by atoms with Crippen LogP contribution in [-0.2, 0) is 20.3 Å². The second kappa shape index (κ2) is 12.4.